The molecule has 1 aromatic rings. The number of benzene rings is 1. The number of aryl methyl sites for hydroxylation is 1. The summed E-state index contributed by atoms with van der Waals surface area (Å²) in [5, 5.41) is 2.81. The molecule has 4 nitrogen and oxygen atoms in total. The Labute approximate surface area is 113 Å². The summed E-state index contributed by atoms with van der Waals surface area (Å²) >= 11 is 0. The summed E-state index contributed by atoms with van der Waals surface area (Å²) in [5.41, 5.74) is 2.08. The standard InChI is InChI=1S/C15H20N2O2/c1-3-4-14(18)16-13-9-10-17(15(13)19)12-7-5-11(2)6-8-12/h5-8,13H,3-4,9-10H2,1-2H3,(H,16,18). The number of anilines is 1. The van der Waals surface area contributed by atoms with Crippen LogP contribution in [0.25, 0.3) is 0 Å². The number of carbonyl (C=O) groups excluding carboxylic acids is 2. The Kier molecular flexibility index (Phi) is 4.20. The maximum atomic E-state index is 12.2. The van der Waals surface area contributed by atoms with Crippen LogP contribution in [0.4, 0.5) is 5.69 Å². The van der Waals surface area contributed by atoms with E-state index in [0.29, 0.717) is 19.4 Å². The Morgan fingerprint density at radius 1 is 1.37 bits per heavy atom. The van der Waals surface area contributed by atoms with Crippen molar-refractivity contribution in [3.8, 4) is 0 Å². The highest BCUT2D eigenvalue weighted by molar-refractivity contribution is 6.01. The Morgan fingerprint density at radius 3 is 2.68 bits per heavy atom. The maximum Gasteiger partial charge on any atom is 0.249 e. The number of carbonyl (C=O) groups is 2. The smallest absolute Gasteiger partial charge is 0.249 e. The number of rotatable bonds is 4. The van der Waals surface area contributed by atoms with Gasteiger partial charge in [0.25, 0.3) is 0 Å². The summed E-state index contributed by atoms with van der Waals surface area (Å²) < 4.78 is 0. The molecule has 2 rings (SSSR count). The molecule has 1 atom stereocenters. The minimum absolute atomic E-state index is 0.00620. The van der Waals surface area contributed by atoms with Crippen molar-refractivity contribution in [1.82, 2.24) is 5.32 Å². The summed E-state index contributed by atoms with van der Waals surface area (Å²) in [5.74, 6) is -0.0417. The molecule has 4 heteroatoms. The second kappa shape index (κ2) is 5.87. The first-order chi connectivity index (χ1) is 9.11. The molecule has 1 aromatic carbocycles. The van der Waals surface area contributed by atoms with Crippen LogP contribution in [-0.2, 0) is 9.59 Å². The van der Waals surface area contributed by atoms with E-state index in [1.807, 2.05) is 38.1 Å². The average molecular weight is 260 g/mol. The normalized spacial score (nSPS) is 18.7. The predicted molar refractivity (Wildman–Crippen MR) is 75.0 cm³/mol. The van der Waals surface area contributed by atoms with Crippen molar-refractivity contribution in [2.75, 3.05) is 11.4 Å². The molecule has 0 spiro atoms. The van der Waals surface area contributed by atoms with E-state index < -0.39 is 0 Å². The van der Waals surface area contributed by atoms with Gasteiger partial charge in [-0.25, -0.2) is 0 Å². The lowest BCUT2D eigenvalue weighted by Gasteiger charge is -2.17. The van der Waals surface area contributed by atoms with Crippen LogP contribution in [0, 0.1) is 6.92 Å². The van der Waals surface area contributed by atoms with Crippen LogP contribution in [0.15, 0.2) is 24.3 Å². The Balaban J connectivity index is 2.01. The van der Waals surface area contributed by atoms with Gasteiger partial charge in [0.05, 0.1) is 0 Å². The first-order valence-electron chi connectivity index (χ1n) is 6.79. The van der Waals surface area contributed by atoms with Crippen molar-refractivity contribution in [3.63, 3.8) is 0 Å². The molecule has 1 aliphatic heterocycles. The Hall–Kier alpha value is -1.84. The molecule has 1 unspecified atom stereocenters. The first-order valence-corrected chi connectivity index (χ1v) is 6.79. The van der Waals surface area contributed by atoms with Crippen molar-refractivity contribution in [2.24, 2.45) is 0 Å². The van der Waals surface area contributed by atoms with Crippen LogP contribution >= 0.6 is 0 Å². The van der Waals surface area contributed by atoms with Gasteiger partial charge in [0.2, 0.25) is 11.8 Å². The molecule has 1 saturated heterocycles. The van der Waals surface area contributed by atoms with Crippen molar-refractivity contribution in [2.45, 2.75) is 39.2 Å². The van der Waals surface area contributed by atoms with E-state index in [2.05, 4.69) is 5.32 Å². The molecule has 19 heavy (non-hydrogen) atoms. The van der Waals surface area contributed by atoms with Crippen LogP contribution in [0.5, 0.6) is 0 Å². The van der Waals surface area contributed by atoms with E-state index in [0.717, 1.165) is 12.1 Å². The average Bonchev–Trinajstić information content (AvgIpc) is 2.73. The third-order valence-corrected chi connectivity index (χ3v) is 3.36. The van der Waals surface area contributed by atoms with Gasteiger partial charge >= 0.3 is 0 Å². The SMILES string of the molecule is CCCC(=O)NC1CCN(c2ccc(C)cc2)C1=O. The summed E-state index contributed by atoms with van der Waals surface area (Å²) in [7, 11) is 0. The van der Waals surface area contributed by atoms with Gasteiger partial charge in [0.1, 0.15) is 6.04 Å². The molecular formula is C15H20N2O2. The zero-order chi connectivity index (χ0) is 13.8. The molecule has 0 saturated carbocycles. The zero-order valence-electron chi connectivity index (χ0n) is 11.5. The fourth-order valence-corrected chi connectivity index (χ4v) is 2.29. The third-order valence-electron chi connectivity index (χ3n) is 3.36. The van der Waals surface area contributed by atoms with Gasteiger partial charge in [-0.05, 0) is 31.9 Å². The lowest BCUT2D eigenvalue weighted by atomic mass is 10.2. The van der Waals surface area contributed by atoms with E-state index in [9.17, 15) is 9.59 Å². The van der Waals surface area contributed by atoms with Gasteiger partial charge in [0, 0.05) is 18.7 Å². The highest BCUT2D eigenvalue weighted by Gasteiger charge is 2.33. The lowest BCUT2D eigenvalue weighted by molar-refractivity contribution is -0.126. The molecule has 1 N–H and O–H groups in total. The zero-order valence-corrected chi connectivity index (χ0v) is 11.5. The fraction of sp³-hybridized carbons (Fsp3) is 0.467. The van der Waals surface area contributed by atoms with Crippen LogP contribution < -0.4 is 10.2 Å². The van der Waals surface area contributed by atoms with Gasteiger partial charge in [0.15, 0.2) is 0 Å². The first kappa shape index (κ1) is 13.6. The van der Waals surface area contributed by atoms with E-state index in [-0.39, 0.29) is 17.9 Å². The maximum absolute atomic E-state index is 12.2. The summed E-state index contributed by atoms with van der Waals surface area (Å²) in [6.45, 7) is 4.64. The topological polar surface area (TPSA) is 49.4 Å². The molecule has 1 fully saturated rings. The second-order valence-electron chi connectivity index (χ2n) is 4.98. The molecule has 1 aliphatic rings. The minimum atomic E-state index is -0.361. The van der Waals surface area contributed by atoms with E-state index in [1.165, 1.54) is 5.56 Å². The van der Waals surface area contributed by atoms with Crippen LogP contribution in [0.3, 0.4) is 0 Å². The van der Waals surface area contributed by atoms with Crippen molar-refractivity contribution in [1.29, 1.82) is 0 Å². The van der Waals surface area contributed by atoms with Crippen molar-refractivity contribution < 1.29 is 9.59 Å². The number of nitrogens with zero attached hydrogens (tertiary/aromatic N) is 1. The monoisotopic (exact) mass is 260 g/mol. The van der Waals surface area contributed by atoms with Gasteiger partial charge < -0.3 is 10.2 Å². The van der Waals surface area contributed by atoms with Crippen LogP contribution in [0.2, 0.25) is 0 Å². The quantitative estimate of drug-likeness (QED) is 0.900. The number of amides is 2. The largest absolute Gasteiger partial charge is 0.344 e. The molecule has 0 aromatic heterocycles. The fourth-order valence-electron chi connectivity index (χ4n) is 2.29. The Morgan fingerprint density at radius 2 is 2.05 bits per heavy atom. The molecule has 0 bridgehead atoms. The van der Waals surface area contributed by atoms with Gasteiger partial charge in [-0.15, -0.1) is 0 Å². The van der Waals surface area contributed by atoms with E-state index in [4.69, 9.17) is 0 Å². The number of hydrogen-bond donors (Lipinski definition) is 1. The molecule has 0 aliphatic carbocycles. The molecular weight excluding hydrogens is 240 g/mol. The lowest BCUT2D eigenvalue weighted by Crippen LogP contribution is -2.41. The number of hydrogen-bond acceptors (Lipinski definition) is 2. The highest BCUT2D eigenvalue weighted by Crippen LogP contribution is 2.22. The van der Waals surface area contributed by atoms with Crippen molar-refractivity contribution >= 4 is 17.5 Å². The van der Waals surface area contributed by atoms with Crippen molar-refractivity contribution in [3.05, 3.63) is 29.8 Å². The molecule has 1 heterocycles. The van der Waals surface area contributed by atoms with Gasteiger partial charge in [-0.2, -0.15) is 0 Å². The molecule has 0 radical (unpaired) electrons. The van der Waals surface area contributed by atoms with E-state index >= 15 is 0 Å². The predicted octanol–water partition coefficient (Wildman–Crippen LogP) is 2.02. The van der Waals surface area contributed by atoms with Gasteiger partial charge in [-0.3, -0.25) is 9.59 Å². The van der Waals surface area contributed by atoms with E-state index in [1.54, 1.807) is 4.90 Å². The molecule has 102 valence electrons. The third kappa shape index (κ3) is 3.13. The number of nitrogens with one attached hydrogen (secondary N) is 1. The highest BCUT2D eigenvalue weighted by atomic mass is 16.2. The van der Waals surface area contributed by atoms with Crippen LogP contribution in [-0.4, -0.2) is 24.4 Å². The Bertz CT molecular complexity index is 468. The minimum Gasteiger partial charge on any atom is -0.344 e. The summed E-state index contributed by atoms with van der Waals surface area (Å²) in [6, 6.07) is 7.52. The molecule has 2 amide bonds. The second-order valence-corrected chi connectivity index (χ2v) is 4.98. The van der Waals surface area contributed by atoms with Gasteiger partial charge in [-0.1, -0.05) is 24.6 Å². The van der Waals surface area contributed by atoms with Crippen LogP contribution in [0.1, 0.15) is 31.7 Å². The summed E-state index contributed by atoms with van der Waals surface area (Å²) in [4.78, 5) is 25.5. The summed E-state index contributed by atoms with van der Waals surface area (Å²) in [6.07, 6.45) is 1.96.